The van der Waals surface area contributed by atoms with Gasteiger partial charge in [-0.1, -0.05) is 34.1 Å². The Balaban J connectivity index is 2.07. The summed E-state index contributed by atoms with van der Waals surface area (Å²) in [7, 11) is 0. The number of nitrogens with two attached hydrogens (primary N) is 1. The Hall–Kier alpha value is -1.40. The molecule has 0 aliphatic heterocycles. The number of aryl methyl sites for hydroxylation is 1. The van der Waals surface area contributed by atoms with Crippen molar-refractivity contribution in [3.05, 3.63) is 40.0 Å². The number of aromatic nitrogens is 2. The highest BCUT2D eigenvalue weighted by molar-refractivity contribution is 9.10. The van der Waals surface area contributed by atoms with Crippen molar-refractivity contribution >= 4 is 15.9 Å². The van der Waals surface area contributed by atoms with Crippen LogP contribution in [0.25, 0.3) is 0 Å². The summed E-state index contributed by atoms with van der Waals surface area (Å²) in [6.07, 6.45) is 1.80. The number of ether oxygens (including phenoxy) is 1. The average Bonchev–Trinajstić information content (AvgIpc) is 2.84. The smallest absolute Gasteiger partial charge is 0.264 e. The first-order valence-corrected chi connectivity index (χ1v) is 7.38. The second kappa shape index (κ2) is 6.85. The Morgan fingerprint density at radius 1 is 1.45 bits per heavy atom. The molecule has 1 aromatic carbocycles. The van der Waals surface area contributed by atoms with Gasteiger partial charge in [0, 0.05) is 22.5 Å². The van der Waals surface area contributed by atoms with Crippen LogP contribution in [-0.2, 0) is 13.0 Å². The van der Waals surface area contributed by atoms with Gasteiger partial charge in [0.25, 0.3) is 5.89 Å². The first kappa shape index (κ1) is 15.0. The maximum Gasteiger partial charge on any atom is 0.264 e. The number of nitrogens with zero attached hydrogens (tertiary/aromatic N) is 2. The molecule has 0 bridgehead atoms. The van der Waals surface area contributed by atoms with Crippen LogP contribution >= 0.6 is 15.9 Å². The standard InChI is InChI=1S/C14H18BrN3O2/c1-3-4-13-17-14(20-18-13)8-19-12-7-10(15)5-6-11(12)9(2)16/h5-7,9H,3-4,8,16H2,1-2H3/t9-/m0/s1. The topological polar surface area (TPSA) is 74.2 Å². The molecule has 0 amide bonds. The van der Waals surface area contributed by atoms with Gasteiger partial charge in [-0.25, -0.2) is 0 Å². The highest BCUT2D eigenvalue weighted by Gasteiger charge is 2.11. The molecule has 2 aromatic rings. The Bertz CT molecular complexity index is 569. The number of hydrogen-bond acceptors (Lipinski definition) is 5. The zero-order chi connectivity index (χ0) is 14.5. The lowest BCUT2D eigenvalue weighted by atomic mass is 10.1. The van der Waals surface area contributed by atoms with Gasteiger partial charge in [-0.15, -0.1) is 0 Å². The first-order chi connectivity index (χ1) is 9.60. The zero-order valence-electron chi connectivity index (χ0n) is 11.6. The van der Waals surface area contributed by atoms with E-state index in [1.807, 2.05) is 25.1 Å². The number of hydrogen-bond donors (Lipinski definition) is 1. The second-order valence-corrected chi connectivity index (χ2v) is 5.53. The van der Waals surface area contributed by atoms with Gasteiger partial charge in [-0.2, -0.15) is 4.98 Å². The minimum Gasteiger partial charge on any atom is -0.483 e. The molecule has 2 N–H and O–H groups in total. The van der Waals surface area contributed by atoms with E-state index in [2.05, 4.69) is 33.0 Å². The summed E-state index contributed by atoms with van der Waals surface area (Å²) >= 11 is 3.42. The molecule has 2 rings (SSSR count). The van der Waals surface area contributed by atoms with E-state index in [1.165, 1.54) is 0 Å². The minimum absolute atomic E-state index is 0.101. The predicted octanol–water partition coefficient (Wildman–Crippen LogP) is 3.38. The summed E-state index contributed by atoms with van der Waals surface area (Å²) in [6.45, 7) is 4.23. The van der Waals surface area contributed by atoms with Crippen LogP contribution in [0.4, 0.5) is 0 Å². The van der Waals surface area contributed by atoms with Crippen molar-refractivity contribution in [2.75, 3.05) is 0 Å². The molecule has 0 unspecified atom stereocenters. The highest BCUT2D eigenvalue weighted by Crippen LogP contribution is 2.28. The second-order valence-electron chi connectivity index (χ2n) is 4.61. The molecule has 0 aliphatic carbocycles. The molecule has 0 radical (unpaired) electrons. The largest absolute Gasteiger partial charge is 0.483 e. The van der Waals surface area contributed by atoms with Crippen molar-refractivity contribution in [3.8, 4) is 5.75 Å². The van der Waals surface area contributed by atoms with Gasteiger partial charge in [0.2, 0.25) is 0 Å². The Morgan fingerprint density at radius 3 is 2.95 bits per heavy atom. The van der Waals surface area contributed by atoms with E-state index in [-0.39, 0.29) is 12.6 Å². The van der Waals surface area contributed by atoms with Crippen LogP contribution in [0.1, 0.15) is 43.6 Å². The Morgan fingerprint density at radius 2 is 2.25 bits per heavy atom. The van der Waals surface area contributed by atoms with Gasteiger partial charge < -0.3 is 15.0 Å². The van der Waals surface area contributed by atoms with E-state index in [0.29, 0.717) is 11.7 Å². The first-order valence-electron chi connectivity index (χ1n) is 6.59. The summed E-state index contributed by atoms with van der Waals surface area (Å²) < 4.78 is 11.8. The van der Waals surface area contributed by atoms with E-state index < -0.39 is 0 Å². The molecule has 1 heterocycles. The molecule has 0 fully saturated rings. The van der Waals surface area contributed by atoms with E-state index in [9.17, 15) is 0 Å². The van der Waals surface area contributed by atoms with Crippen LogP contribution in [-0.4, -0.2) is 10.1 Å². The molecule has 5 nitrogen and oxygen atoms in total. The zero-order valence-corrected chi connectivity index (χ0v) is 13.2. The maximum atomic E-state index is 5.93. The summed E-state index contributed by atoms with van der Waals surface area (Å²) in [5.41, 5.74) is 6.88. The fourth-order valence-electron chi connectivity index (χ4n) is 1.82. The number of rotatable bonds is 6. The van der Waals surface area contributed by atoms with E-state index >= 15 is 0 Å². The van der Waals surface area contributed by atoms with Gasteiger partial charge >= 0.3 is 0 Å². The third-order valence-corrected chi connectivity index (χ3v) is 3.29. The van der Waals surface area contributed by atoms with Gasteiger partial charge in [0.05, 0.1) is 0 Å². The summed E-state index contributed by atoms with van der Waals surface area (Å²) in [5.74, 6) is 1.92. The normalized spacial score (nSPS) is 12.4. The molecule has 1 aromatic heterocycles. The van der Waals surface area contributed by atoms with Gasteiger partial charge in [-0.3, -0.25) is 0 Å². The minimum atomic E-state index is -0.101. The quantitative estimate of drug-likeness (QED) is 0.873. The molecule has 0 saturated heterocycles. The third-order valence-electron chi connectivity index (χ3n) is 2.80. The summed E-state index contributed by atoms with van der Waals surface area (Å²) in [6, 6.07) is 5.68. The summed E-state index contributed by atoms with van der Waals surface area (Å²) in [4.78, 5) is 4.27. The Kier molecular flexibility index (Phi) is 5.14. The highest BCUT2D eigenvalue weighted by atomic mass is 79.9. The van der Waals surface area contributed by atoms with Gasteiger partial charge in [0.1, 0.15) is 5.75 Å². The van der Waals surface area contributed by atoms with E-state index in [0.717, 1.165) is 28.6 Å². The Labute approximate surface area is 126 Å². The van der Waals surface area contributed by atoms with Crippen LogP contribution in [0.2, 0.25) is 0 Å². The average molecular weight is 340 g/mol. The number of benzene rings is 1. The number of halogens is 1. The van der Waals surface area contributed by atoms with Crippen LogP contribution in [0.15, 0.2) is 27.2 Å². The van der Waals surface area contributed by atoms with Crippen LogP contribution < -0.4 is 10.5 Å². The van der Waals surface area contributed by atoms with E-state index in [4.69, 9.17) is 15.0 Å². The molecule has 6 heteroatoms. The van der Waals surface area contributed by atoms with Crippen molar-refractivity contribution in [2.45, 2.75) is 39.3 Å². The maximum absolute atomic E-state index is 5.93. The molecular formula is C14H18BrN3O2. The lowest BCUT2D eigenvalue weighted by Crippen LogP contribution is -2.08. The third kappa shape index (κ3) is 3.80. The SMILES string of the molecule is CCCc1noc(COc2cc(Br)ccc2[C@H](C)N)n1. The van der Waals surface area contributed by atoms with Crippen molar-refractivity contribution in [2.24, 2.45) is 5.73 Å². The van der Waals surface area contributed by atoms with E-state index in [1.54, 1.807) is 0 Å². The van der Waals surface area contributed by atoms with Crippen LogP contribution in [0.3, 0.4) is 0 Å². The van der Waals surface area contributed by atoms with Crippen molar-refractivity contribution < 1.29 is 9.26 Å². The van der Waals surface area contributed by atoms with Crippen molar-refractivity contribution in [3.63, 3.8) is 0 Å². The fourth-order valence-corrected chi connectivity index (χ4v) is 2.16. The lowest BCUT2D eigenvalue weighted by Gasteiger charge is -2.13. The monoisotopic (exact) mass is 339 g/mol. The van der Waals surface area contributed by atoms with Crippen molar-refractivity contribution in [1.29, 1.82) is 0 Å². The van der Waals surface area contributed by atoms with Gasteiger partial charge in [0.15, 0.2) is 12.4 Å². The molecule has 1 atom stereocenters. The summed E-state index contributed by atoms with van der Waals surface area (Å²) in [5, 5.41) is 3.89. The molecule has 0 aliphatic rings. The molecular weight excluding hydrogens is 322 g/mol. The van der Waals surface area contributed by atoms with Crippen LogP contribution in [0, 0.1) is 0 Å². The fraction of sp³-hybridized carbons (Fsp3) is 0.429. The molecule has 0 saturated carbocycles. The molecule has 20 heavy (non-hydrogen) atoms. The van der Waals surface area contributed by atoms with Crippen LogP contribution in [0.5, 0.6) is 5.75 Å². The van der Waals surface area contributed by atoms with Gasteiger partial charge in [-0.05, 0) is 25.5 Å². The predicted molar refractivity (Wildman–Crippen MR) is 79.4 cm³/mol. The lowest BCUT2D eigenvalue weighted by molar-refractivity contribution is 0.240. The molecule has 108 valence electrons. The van der Waals surface area contributed by atoms with Crippen molar-refractivity contribution in [1.82, 2.24) is 10.1 Å². The molecule has 0 spiro atoms.